The second-order valence-corrected chi connectivity index (χ2v) is 5.62. The van der Waals surface area contributed by atoms with E-state index in [1.54, 1.807) is 7.11 Å². The molecule has 0 aliphatic rings. The Morgan fingerprint density at radius 3 is 2.22 bits per heavy atom. The largest absolute Gasteiger partial charge is 0.497 e. The summed E-state index contributed by atoms with van der Waals surface area (Å²) < 4.78 is 5.30. The van der Waals surface area contributed by atoms with Gasteiger partial charge in [0.25, 0.3) is 0 Å². The van der Waals surface area contributed by atoms with Gasteiger partial charge in [-0.2, -0.15) is 0 Å². The van der Waals surface area contributed by atoms with E-state index >= 15 is 0 Å². The third kappa shape index (κ3) is 3.72. The summed E-state index contributed by atoms with van der Waals surface area (Å²) in [5.74, 6) is 0.882. The van der Waals surface area contributed by atoms with Crippen LogP contribution in [0.5, 0.6) is 5.75 Å². The zero-order valence-corrected chi connectivity index (χ0v) is 13.6. The number of ether oxygens (including phenoxy) is 1. The molecule has 2 heteroatoms. The number of methoxy groups -OCH3 is 1. The highest BCUT2D eigenvalue weighted by Crippen LogP contribution is 2.26. The van der Waals surface area contributed by atoms with Crippen molar-refractivity contribution in [3.8, 4) is 16.9 Å². The van der Waals surface area contributed by atoms with Gasteiger partial charge >= 0.3 is 0 Å². The minimum atomic E-state index is 0.882. The Kier molecular flexibility index (Phi) is 4.62. The zero-order valence-electron chi connectivity index (χ0n) is 13.6. The molecule has 0 radical (unpaired) electrons. The molecule has 0 aromatic heterocycles. The normalized spacial score (nSPS) is 10.3. The Labute approximate surface area is 138 Å². The number of anilines is 1. The van der Waals surface area contributed by atoms with Crippen molar-refractivity contribution in [2.75, 3.05) is 19.1 Å². The first-order valence-corrected chi connectivity index (χ1v) is 7.76. The predicted molar refractivity (Wildman–Crippen MR) is 97.0 cm³/mol. The summed E-state index contributed by atoms with van der Waals surface area (Å²) in [6.45, 7) is 0.902. The summed E-state index contributed by atoms with van der Waals surface area (Å²) >= 11 is 0. The minimum absolute atomic E-state index is 0.882. The van der Waals surface area contributed by atoms with Gasteiger partial charge in [-0.15, -0.1) is 0 Å². The minimum Gasteiger partial charge on any atom is -0.497 e. The Morgan fingerprint density at radius 2 is 1.52 bits per heavy atom. The number of benzene rings is 3. The molecule has 3 rings (SSSR count). The molecular formula is C21H21NO. The van der Waals surface area contributed by atoms with Crippen LogP contribution < -0.4 is 9.64 Å². The monoisotopic (exact) mass is 303 g/mol. The average Bonchev–Trinajstić information content (AvgIpc) is 2.63. The smallest absolute Gasteiger partial charge is 0.119 e. The molecule has 0 aliphatic carbocycles. The zero-order chi connectivity index (χ0) is 16.1. The number of nitrogens with zero attached hydrogens (tertiary/aromatic N) is 1. The molecule has 3 aromatic rings. The van der Waals surface area contributed by atoms with E-state index in [2.05, 4.69) is 72.6 Å². The molecule has 0 fully saturated rings. The van der Waals surface area contributed by atoms with Gasteiger partial charge in [0.15, 0.2) is 0 Å². The molecule has 3 aromatic carbocycles. The lowest BCUT2D eigenvalue weighted by molar-refractivity contribution is 0.415. The van der Waals surface area contributed by atoms with E-state index in [1.165, 1.54) is 22.4 Å². The Morgan fingerprint density at radius 1 is 0.783 bits per heavy atom. The molecule has 0 saturated carbocycles. The van der Waals surface area contributed by atoms with Crippen molar-refractivity contribution in [1.82, 2.24) is 0 Å². The fourth-order valence-corrected chi connectivity index (χ4v) is 2.66. The summed E-state index contributed by atoms with van der Waals surface area (Å²) in [4.78, 5) is 2.25. The summed E-state index contributed by atoms with van der Waals surface area (Å²) in [5, 5.41) is 0. The van der Waals surface area contributed by atoms with Crippen LogP contribution >= 0.6 is 0 Å². The van der Waals surface area contributed by atoms with E-state index < -0.39 is 0 Å². The van der Waals surface area contributed by atoms with Crippen molar-refractivity contribution in [2.24, 2.45) is 0 Å². The van der Waals surface area contributed by atoms with Crippen molar-refractivity contribution < 1.29 is 4.74 Å². The van der Waals surface area contributed by atoms with Crippen molar-refractivity contribution in [2.45, 2.75) is 6.54 Å². The number of hydrogen-bond donors (Lipinski definition) is 0. The van der Waals surface area contributed by atoms with Crippen LogP contribution in [-0.4, -0.2) is 14.2 Å². The maximum atomic E-state index is 5.30. The van der Waals surface area contributed by atoms with Crippen LogP contribution in [0.1, 0.15) is 5.56 Å². The highest BCUT2D eigenvalue weighted by atomic mass is 16.5. The van der Waals surface area contributed by atoms with Crippen LogP contribution in [0.3, 0.4) is 0 Å². The van der Waals surface area contributed by atoms with Gasteiger partial charge in [-0.05, 0) is 41.0 Å². The third-order valence-corrected chi connectivity index (χ3v) is 3.97. The van der Waals surface area contributed by atoms with Gasteiger partial charge < -0.3 is 9.64 Å². The molecule has 23 heavy (non-hydrogen) atoms. The lowest BCUT2D eigenvalue weighted by Gasteiger charge is -2.20. The molecule has 0 amide bonds. The SMILES string of the molecule is COc1cccc(-c2ccc(N(C)Cc3ccccc3)cc2)c1. The van der Waals surface area contributed by atoms with Crippen LogP contribution in [0.25, 0.3) is 11.1 Å². The van der Waals surface area contributed by atoms with Crippen LogP contribution in [0.2, 0.25) is 0 Å². The van der Waals surface area contributed by atoms with Crippen LogP contribution in [-0.2, 0) is 6.54 Å². The lowest BCUT2D eigenvalue weighted by Crippen LogP contribution is -2.15. The molecule has 0 saturated heterocycles. The first kappa shape index (κ1) is 15.2. The third-order valence-electron chi connectivity index (χ3n) is 3.97. The van der Waals surface area contributed by atoms with Gasteiger partial charge in [-0.1, -0.05) is 54.6 Å². The number of rotatable bonds is 5. The molecule has 2 nitrogen and oxygen atoms in total. The maximum Gasteiger partial charge on any atom is 0.119 e. The highest BCUT2D eigenvalue weighted by molar-refractivity contribution is 5.67. The molecule has 0 unspecified atom stereocenters. The fourth-order valence-electron chi connectivity index (χ4n) is 2.66. The van der Waals surface area contributed by atoms with E-state index in [0.29, 0.717) is 0 Å². The lowest BCUT2D eigenvalue weighted by atomic mass is 10.0. The fraction of sp³-hybridized carbons (Fsp3) is 0.143. The first-order chi connectivity index (χ1) is 11.3. The van der Waals surface area contributed by atoms with Crippen LogP contribution in [0.4, 0.5) is 5.69 Å². The Hall–Kier alpha value is -2.74. The molecule has 0 bridgehead atoms. The Bertz CT molecular complexity index is 750. The quantitative estimate of drug-likeness (QED) is 0.658. The van der Waals surface area contributed by atoms with E-state index in [-0.39, 0.29) is 0 Å². The summed E-state index contributed by atoms with van der Waals surface area (Å²) in [6, 6.07) is 27.3. The van der Waals surface area contributed by atoms with Crippen molar-refractivity contribution in [3.63, 3.8) is 0 Å². The van der Waals surface area contributed by atoms with E-state index in [1.807, 2.05) is 18.2 Å². The van der Waals surface area contributed by atoms with E-state index in [4.69, 9.17) is 4.74 Å². The van der Waals surface area contributed by atoms with Crippen LogP contribution in [0, 0.1) is 0 Å². The highest BCUT2D eigenvalue weighted by Gasteiger charge is 2.04. The van der Waals surface area contributed by atoms with Gasteiger partial charge in [0.2, 0.25) is 0 Å². The second kappa shape index (κ2) is 7.01. The van der Waals surface area contributed by atoms with Gasteiger partial charge in [0, 0.05) is 19.3 Å². The summed E-state index contributed by atoms with van der Waals surface area (Å²) in [5.41, 5.74) is 4.88. The van der Waals surface area contributed by atoms with E-state index in [0.717, 1.165) is 12.3 Å². The standard InChI is InChI=1S/C21H21NO/c1-22(16-17-7-4-3-5-8-17)20-13-11-18(12-14-20)19-9-6-10-21(15-19)23-2/h3-15H,16H2,1-2H3. The Balaban J connectivity index is 1.76. The topological polar surface area (TPSA) is 12.5 Å². The van der Waals surface area contributed by atoms with Crippen LogP contribution in [0.15, 0.2) is 78.9 Å². The first-order valence-electron chi connectivity index (χ1n) is 7.76. The van der Waals surface area contributed by atoms with Crippen molar-refractivity contribution >= 4 is 5.69 Å². The molecule has 0 atom stereocenters. The summed E-state index contributed by atoms with van der Waals surface area (Å²) in [7, 11) is 3.81. The summed E-state index contributed by atoms with van der Waals surface area (Å²) in [6.07, 6.45) is 0. The maximum absolute atomic E-state index is 5.30. The molecule has 116 valence electrons. The van der Waals surface area contributed by atoms with Gasteiger partial charge in [-0.3, -0.25) is 0 Å². The predicted octanol–water partition coefficient (Wildman–Crippen LogP) is 5.00. The molecular weight excluding hydrogens is 282 g/mol. The van der Waals surface area contributed by atoms with Gasteiger partial charge in [0.05, 0.1) is 7.11 Å². The molecule has 0 heterocycles. The van der Waals surface area contributed by atoms with E-state index in [9.17, 15) is 0 Å². The van der Waals surface area contributed by atoms with Crippen molar-refractivity contribution in [1.29, 1.82) is 0 Å². The molecule has 0 aliphatic heterocycles. The second-order valence-electron chi connectivity index (χ2n) is 5.62. The molecule has 0 N–H and O–H groups in total. The average molecular weight is 303 g/mol. The number of hydrogen-bond acceptors (Lipinski definition) is 2. The molecule has 0 spiro atoms. The van der Waals surface area contributed by atoms with Gasteiger partial charge in [0.1, 0.15) is 5.75 Å². The van der Waals surface area contributed by atoms with Gasteiger partial charge in [-0.25, -0.2) is 0 Å². The van der Waals surface area contributed by atoms with Crippen molar-refractivity contribution in [3.05, 3.63) is 84.4 Å².